The van der Waals surface area contributed by atoms with E-state index in [-0.39, 0.29) is 0 Å². The Morgan fingerprint density at radius 2 is 1.59 bits per heavy atom. The molecule has 0 fully saturated rings. The lowest BCUT2D eigenvalue weighted by atomic mass is 10.4. The van der Waals surface area contributed by atoms with Crippen LogP contribution in [0.4, 0.5) is 0 Å². The van der Waals surface area contributed by atoms with Gasteiger partial charge in [0.2, 0.25) is 0 Å². The van der Waals surface area contributed by atoms with Crippen LogP contribution in [0.3, 0.4) is 0 Å². The largest absolute Gasteiger partial charge is 0.394 e. The molecule has 0 aliphatic carbocycles. The molecule has 0 aromatic heterocycles. The zero-order valence-corrected chi connectivity index (χ0v) is 12.8. The van der Waals surface area contributed by atoms with Crippen molar-refractivity contribution in [3.63, 3.8) is 0 Å². The fourth-order valence-electron chi connectivity index (χ4n) is 1.93. The Balaban J connectivity index is 3.82. The molecule has 5 heteroatoms. The number of rotatable bonds is 12. The van der Waals surface area contributed by atoms with Crippen molar-refractivity contribution >= 4 is 8.56 Å². The SMILES string of the molecule is CCO[Si](CC)(CCCNCCCN)OCC. The average Bonchev–Trinajstić information content (AvgIpc) is 2.34. The van der Waals surface area contributed by atoms with E-state index >= 15 is 0 Å². The molecule has 0 bridgehead atoms. The standard InChI is InChI=1S/C12H30N2O2Si/c1-4-15-17(6-3,16-5-2)12-8-11-14-10-7-9-13/h14H,4-13H2,1-3H3. The van der Waals surface area contributed by atoms with Gasteiger partial charge in [-0.2, -0.15) is 0 Å². The van der Waals surface area contributed by atoms with Crippen molar-refractivity contribution in [1.82, 2.24) is 5.32 Å². The normalized spacial score (nSPS) is 12.0. The molecule has 0 spiro atoms. The molecule has 0 rings (SSSR count). The first-order valence-corrected chi connectivity index (χ1v) is 9.16. The minimum absolute atomic E-state index is 0.762. The van der Waals surface area contributed by atoms with Crippen LogP contribution in [0.25, 0.3) is 0 Å². The lowest BCUT2D eigenvalue weighted by Gasteiger charge is -2.29. The minimum Gasteiger partial charge on any atom is -0.394 e. The van der Waals surface area contributed by atoms with E-state index in [0.29, 0.717) is 0 Å². The van der Waals surface area contributed by atoms with Crippen LogP contribution >= 0.6 is 0 Å². The van der Waals surface area contributed by atoms with E-state index in [2.05, 4.69) is 26.1 Å². The van der Waals surface area contributed by atoms with Gasteiger partial charge in [-0.15, -0.1) is 0 Å². The maximum atomic E-state index is 5.92. The first-order valence-electron chi connectivity index (χ1n) is 6.93. The lowest BCUT2D eigenvalue weighted by Crippen LogP contribution is -2.42. The van der Waals surface area contributed by atoms with E-state index < -0.39 is 8.56 Å². The van der Waals surface area contributed by atoms with Gasteiger partial charge in [-0.1, -0.05) is 6.92 Å². The molecule has 0 aromatic rings. The van der Waals surface area contributed by atoms with Crippen LogP contribution in [0.1, 0.15) is 33.6 Å². The number of nitrogens with one attached hydrogen (secondary N) is 1. The van der Waals surface area contributed by atoms with Crippen molar-refractivity contribution in [2.45, 2.75) is 45.7 Å². The summed E-state index contributed by atoms with van der Waals surface area (Å²) in [4.78, 5) is 0. The third kappa shape index (κ3) is 7.89. The third-order valence-corrected chi connectivity index (χ3v) is 6.64. The van der Waals surface area contributed by atoms with Gasteiger partial charge in [0, 0.05) is 13.2 Å². The van der Waals surface area contributed by atoms with Crippen LogP contribution in [-0.2, 0) is 8.85 Å². The number of nitrogens with two attached hydrogens (primary N) is 1. The average molecular weight is 262 g/mol. The molecule has 0 saturated carbocycles. The second-order valence-electron chi connectivity index (χ2n) is 4.13. The van der Waals surface area contributed by atoms with Gasteiger partial charge in [-0.3, -0.25) is 0 Å². The van der Waals surface area contributed by atoms with Crippen molar-refractivity contribution in [3.8, 4) is 0 Å². The first-order chi connectivity index (χ1) is 8.24. The van der Waals surface area contributed by atoms with Gasteiger partial charge in [0.05, 0.1) is 0 Å². The van der Waals surface area contributed by atoms with E-state index in [0.717, 1.165) is 57.8 Å². The molecule has 4 nitrogen and oxygen atoms in total. The highest BCUT2D eigenvalue weighted by Gasteiger charge is 2.33. The van der Waals surface area contributed by atoms with Crippen LogP contribution in [0.2, 0.25) is 12.1 Å². The molecule has 0 amide bonds. The number of hydrogen-bond donors (Lipinski definition) is 2. The van der Waals surface area contributed by atoms with E-state index in [1.54, 1.807) is 0 Å². The molecule has 0 atom stereocenters. The Bertz CT molecular complexity index is 165. The van der Waals surface area contributed by atoms with Crippen LogP contribution < -0.4 is 11.1 Å². The Kier molecular flexibility index (Phi) is 11.2. The van der Waals surface area contributed by atoms with E-state index in [4.69, 9.17) is 14.6 Å². The molecule has 0 aromatic carbocycles. The Morgan fingerprint density at radius 3 is 2.06 bits per heavy atom. The molecule has 104 valence electrons. The van der Waals surface area contributed by atoms with Crippen molar-refractivity contribution < 1.29 is 8.85 Å². The Morgan fingerprint density at radius 1 is 1.00 bits per heavy atom. The molecule has 0 aliphatic rings. The van der Waals surface area contributed by atoms with Crippen molar-refractivity contribution in [2.24, 2.45) is 5.73 Å². The minimum atomic E-state index is -1.90. The highest BCUT2D eigenvalue weighted by atomic mass is 28.4. The van der Waals surface area contributed by atoms with Crippen molar-refractivity contribution in [1.29, 1.82) is 0 Å². The second-order valence-corrected chi connectivity index (χ2v) is 7.73. The van der Waals surface area contributed by atoms with E-state index in [1.807, 2.05) is 0 Å². The molecule has 0 unspecified atom stereocenters. The predicted octanol–water partition coefficient (Wildman–Crippen LogP) is 1.85. The molecule has 0 radical (unpaired) electrons. The quantitative estimate of drug-likeness (QED) is 0.416. The maximum absolute atomic E-state index is 5.92. The van der Waals surface area contributed by atoms with Crippen LogP contribution in [0, 0.1) is 0 Å². The van der Waals surface area contributed by atoms with Gasteiger partial charge >= 0.3 is 8.56 Å². The molecular formula is C12H30N2O2Si. The Hall–Kier alpha value is 0.0569. The van der Waals surface area contributed by atoms with Gasteiger partial charge in [0.1, 0.15) is 0 Å². The molecule has 17 heavy (non-hydrogen) atoms. The highest BCUT2D eigenvalue weighted by Crippen LogP contribution is 2.20. The molecule has 3 N–H and O–H groups in total. The smallest absolute Gasteiger partial charge is 0.337 e. The summed E-state index contributed by atoms with van der Waals surface area (Å²) in [5.41, 5.74) is 5.44. The van der Waals surface area contributed by atoms with Crippen LogP contribution in [0.5, 0.6) is 0 Å². The molecular weight excluding hydrogens is 232 g/mol. The van der Waals surface area contributed by atoms with Gasteiger partial charge in [-0.05, 0) is 58.4 Å². The summed E-state index contributed by atoms with van der Waals surface area (Å²) >= 11 is 0. The highest BCUT2D eigenvalue weighted by molar-refractivity contribution is 6.67. The van der Waals surface area contributed by atoms with E-state index in [9.17, 15) is 0 Å². The van der Waals surface area contributed by atoms with Gasteiger partial charge < -0.3 is 19.9 Å². The van der Waals surface area contributed by atoms with Gasteiger partial charge in [0.15, 0.2) is 0 Å². The fraction of sp³-hybridized carbons (Fsp3) is 1.00. The lowest BCUT2D eigenvalue weighted by molar-refractivity contribution is 0.182. The predicted molar refractivity (Wildman–Crippen MR) is 75.5 cm³/mol. The number of hydrogen-bond acceptors (Lipinski definition) is 4. The summed E-state index contributed by atoms with van der Waals surface area (Å²) in [5.74, 6) is 0. The summed E-state index contributed by atoms with van der Waals surface area (Å²) in [6, 6.07) is 2.12. The molecule has 0 saturated heterocycles. The summed E-state index contributed by atoms with van der Waals surface area (Å²) in [5, 5.41) is 3.40. The van der Waals surface area contributed by atoms with Gasteiger partial charge in [0.25, 0.3) is 0 Å². The monoisotopic (exact) mass is 262 g/mol. The summed E-state index contributed by atoms with van der Waals surface area (Å²) < 4.78 is 11.8. The van der Waals surface area contributed by atoms with Crippen LogP contribution in [-0.4, -0.2) is 41.4 Å². The second kappa shape index (κ2) is 11.2. The van der Waals surface area contributed by atoms with Gasteiger partial charge in [-0.25, -0.2) is 0 Å². The molecule has 0 aliphatic heterocycles. The fourth-order valence-corrected chi connectivity index (χ4v) is 4.83. The summed E-state index contributed by atoms with van der Waals surface area (Å²) in [6.45, 7) is 10.6. The topological polar surface area (TPSA) is 56.5 Å². The zero-order valence-electron chi connectivity index (χ0n) is 11.8. The van der Waals surface area contributed by atoms with Crippen LogP contribution in [0.15, 0.2) is 0 Å². The summed E-state index contributed by atoms with van der Waals surface area (Å²) in [6.07, 6.45) is 2.18. The maximum Gasteiger partial charge on any atom is 0.337 e. The molecule has 0 heterocycles. The van der Waals surface area contributed by atoms with Crippen molar-refractivity contribution in [3.05, 3.63) is 0 Å². The van der Waals surface area contributed by atoms with Crippen molar-refractivity contribution in [2.75, 3.05) is 32.8 Å². The zero-order chi connectivity index (χ0) is 13.0. The van der Waals surface area contributed by atoms with E-state index in [1.165, 1.54) is 0 Å². The third-order valence-electron chi connectivity index (χ3n) is 2.82. The summed E-state index contributed by atoms with van der Waals surface area (Å²) in [7, 11) is -1.90. The first kappa shape index (κ1) is 17.1. The Labute approximate surface area is 107 Å².